The van der Waals surface area contributed by atoms with E-state index in [1.807, 2.05) is 0 Å². The van der Waals surface area contributed by atoms with Crippen LogP contribution in [-0.2, 0) is 34.0 Å². The molecule has 0 aromatic carbocycles. The van der Waals surface area contributed by atoms with Crippen molar-refractivity contribution in [1.29, 1.82) is 0 Å². The zero-order valence-electron chi connectivity index (χ0n) is 11.8. The number of rotatable bonds is 4. The summed E-state index contributed by atoms with van der Waals surface area (Å²) in [4.78, 5) is 11.2. The molecule has 23 heavy (non-hydrogen) atoms. The molecule has 3 aliphatic rings. The lowest BCUT2D eigenvalue weighted by molar-refractivity contribution is -0.164. The predicted octanol–water partition coefficient (Wildman–Crippen LogP) is 0.00940. The Bertz CT molecular complexity index is 746. The summed E-state index contributed by atoms with van der Waals surface area (Å²) in [6, 6.07) is 0. The van der Waals surface area contributed by atoms with Gasteiger partial charge >= 0.3 is 21.3 Å². The van der Waals surface area contributed by atoms with E-state index in [1.54, 1.807) is 6.92 Å². The van der Waals surface area contributed by atoms with E-state index >= 15 is 0 Å². The highest BCUT2D eigenvalue weighted by molar-refractivity contribution is 7.88. The molecule has 6 atom stereocenters. The molecule has 2 saturated carbocycles. The van der Waals surface area contributed by atoms with Gasteiger partial charge in [-0.3, -0.25) is 8.74 Å². The third-order valence-corrected chi connectivity index (χ3v) is 7.85. The van der Waals surface area contributed by atoms with Crippen molar-refractivity contribution in [1.82, 2.24) is 0 Å². The summed E-state index contributed by atoms with van der Waals surface area (Å²) in [6.45, 7) is 1.11. The van der Waals surface area contributed by atoms with Crippen LogP contribution in [0.15, 0.2) is 0 Å². The molecule has 0 radical (unpaired) electrons. The number of halogens is 2. The molecule has 2 aliphatic carbocycles. The second kappa shape index (κ2) is 4.83. The van der Waals surface area contributed by atoms with Crippen LogP contribution in [0.2, 0.25) is 0 Å². The largest absolute Gasteiger partial charge is 0.465 e. The third kappa shape index (κ3) is 2.29. The first-order valence-electron chi connectivity index (χ1n) is 6.82. The number of fused-ring (bicyclic) bond motifs is 1. The highest BCUT2D eigenvalue weighted by atomic mass is 32.2. The SMILES string of the molecule is CC1C2CC3C(OS(=O)(=O)C13)C2COC(=O)C(F)(F)S(=O)(=O)O. The van der Waals surface area contributed by atoms with Crippen LogP contribution in [0.3, 0.4) is 0 Å². The van der Waals surface area contributed by atoms with Crippen LogP contribution < -0.4 is 0 Å². The Kier molecular flexibility index (Phi) is 3.57. The highest BCUT2D eigenvalue weighted by Crippen LogP contribution is 2.60. The fourth-order valence-corrected chi connectivity index (χ4v) is 6.58. The topological polar surface area (TPSA) is 124 Å². The molecule has 8 nitrogen and oxygen atoms in total. The van der Waals surface area contributed by atoms with Crippen LogP contribution in [0.1, 0.15) is 13.3 Å². The van der Waals surface area contributed by atoms with Crippen molar-refractivity contribution in [3.05, 3.63) is 0 Å². The van der Waals surface area contributed by atoms with Crippen molar-refractivity contribution in [2.24, 2.45) is 23.7 Å². The van der Waals surface area contributed by atoms with Gasteiger partial charge in [-0.05, 0) is 18.3 Å². The Hall–Kier alpha value is -0.850. The summed E-state index contributed by atoms with van der Waals surface area (Å²) in [5.41, 5.74) is 0. The van der Waals surface area contributed by atoms with Crippen LogP contribution in [0.5, 0.6) is 0 Å². The molecule has 1 heterocycles. The van der Waals surface area contributed by atoms with Gasteiger partial charge in [-0.25, -0.2) is 4.79 Å². The molecule has 1 saturated heterocycles. The average molecular weight is 376 g/mol. The summed E-state index contributed by atoms with van der Waals surface area (Å²) >= 11 is 0. The van der Waals surface area contributed by atoms with Gasteiger partial charge in [0.15, 0.2) is 0 Å². The van der Waals surface area contributed by atoms with Gasteiger partial charge in [0.05, 0.1) is 18.0 Å². The van der Waals surface area contributed by atoms with E-state index in [4.69, 9.17) is 8.74 Å². The van der Waals surface area contributed by atoms with Gasteiger partial charge in [0.1, 0.15) is 0 Å². The summed E-state index contributed by atoms with van der Waals surface area (Å²) < 4.78 is 88.7. The van der Waals surface area contributed by atoms with Gasteiger partial charge < -0.3 is 4.74 Å². The van der Waals surface area contributed by atoms with Gasteiger partial charge in [0, 0.05) is 11.8 Å². The molecule has 3 rings (SSSR count). The van der Waals surface area contributed by atoms with E-state index in [-0.39, 0.29) is 17.8 Å². The maximum absolute atomic E-state index is 13.1. The molecule has 12 heteroatoms. The monoisotopic (exact) mass is 376 g/mol. The molecule has 1 aliphatic heterocycles. The Morgan fingerprint density at radius 2 is 2.00 bits per heavy atom. The summed E-state index contributed by atoms with van der Waals surface area (Å²) in [5.74, 6) is -3.72. The molecule has 132 valence electrons. The van der Waals surface area contributed by atoms with Gasteiger partial charge in [0.2, 0.25) is 0 Å². The van der Waals surface area contributed by atoms with E-state index in [1.165, 1.54) is 0 Å². The quantitative estimate of drug-likeness (QED) is 0.413. The predicted molar refractivity (Wildman–Crippen MR) is 69.3 cm³/mol. The van der Waals surface area contributed by atoms with Crippen molar-refractivity contribution in [3.63, 3.8) is 0 Å². The molecule has 2 bridgehead atoms. The van der Waals surface area contributed by atoms with E-state index in [2.05, 4.69) is 4.74 Å². The maximum atomic E-state index is 13.1. The van der Waals surface area contributed by atoms with E-state index in [9.17, 15) is 30.4 Å². The molecule has 0 aromatic rings. The van der Waals surface area contributed by atoms with Crippen molar-refractivity contribution in [2.45, 2.75) is 30.0 Å². The second-order valence-corrected chi connectivity index (χ2v) is 9.38. The molecule has 6 unspecified atom stereocenters. The smallest absolute Gasteiger partial charge is 0.460 e. The summed E-state index contributed by atoms with van der Waals surface area (Å²) in [6.07, 6.45) is -0.231. The lowest BCUT2D eigenvalue weighted by atomic mass is 9.80. The summed E-state index contributed by atoms with van der Waals surface area (Å²) in [7, 11) is -9.66. The first kappa shape index (κ1) is 17.0. The molecule has 0 spiro atoms. The molecule has 0 aromatic heterocycles. The maximum Gasteiger partial charge on any atom is 0.465 e. The van der Waals surface area contributed by atoms with Crippen LogP contribution in [0.25, 0.3) is 0 Å². The van der Waals surface area contributed by atoms with Gasteiger partial charge in [-0.1, -0.05) is 6.92 Å². The zero-order valence-corrected chi connectivity index (χ0v) is 13.4. The molecule has 0 amide bonds. The fourth-order valence-electron chi connectivity index (χ4n) is 4.16. The number of carbonyl (C=O) groups is 1. The number of hydrogen-bond acceptors (Lipinski definition) is 7. The average Bonchev–Trinajstić information content (AvgIpc) is 2.95. The van der Waals surface area contributed by atoms with Crippen LogP contribution >= 0.6 is 0 Å². The van der Waals surface area contributed by atoms with Crippen molar-refractivity contribution in [3.8, 4) is 0 Å². The number of esters is 1. The van der Waals surface area contributed by atoms with E-state index in [0.29, 0.717) is 6.42 Å². The minimum atomic E-state index is -5.93. The van der Waals surface area contributed by atoms with Gasteiger partial charge in [0.25, 0.3) is 10.1 Å². The minimum Gasteiger partial charge on any atom is -0.460 e. The fraction of sp³-hybridized carbons (Fsp3) is 0.909. The molecule has 1 N–H and O–H groups in total. The highest BCUT2D eigenvalue weighted by Gasteiger charge is 2.67. The van der Waals surface area contributed by atoms with Crippen molar-refractivity contribution in [2.75, 3.05) is 6.61 Å². The first-order chi connectivity index (χ1) is 10.4. The molecular weight excluding hydrogens is 362 g/mol. The Balaban J connectivity index is 1.73. The van der Waals surface area contributed by atoms with E-state index < -0.39 is 55.3 Å². The van der Waals surface area contributed by atoms with Gasteiger partial charge in [-0.15, -0.1) is 0 Å². The lowest BCUT2D eigenvalue weighted by Gasteiger charge is -2.29. The normalized spacial score (nSPS) is 41.2. The van der Waals surface area contributed by atoms with Crippen molar-refractivity contribution < 1.29 is 43.9 Å². The Morgan fingerprint density at radius 3 is 2.57 bits per heavy atom. The van der Waals surface area contributed by atoms with Gasteiger partial charge in [-0.2, -0.15) is 25.6 Å². The van der Waals surface area contributed by atoms with E-state index in [0.717, 1.165) is 0 Å². The third-order valence-electron chi connectivity index (χ3n) is 5.10. The zero-order chi connectivity index (χ0) is 17.4. The minimum absolute atomic E-state index is 0.181. The number of hydrogen-bond donors (Lipinski definition) is 1. The molecular formula is C11H14F2O8S2. The van der Waals surface area contributed by atoms with Crippen LogP contribution in [0, 0.1) is 23.7 Å². The summed E-state index contributed by atoms with van der Waals surface area (Å²) in [5, 5.41) is -5.70. The van der Waals surface area contributed by atoms with Crippen LogP contribution in [0.4, 0.5) is 8.78 Å². The van der Waals surface area contributed by atoms with Crippen molar-refractivity contribution >= 4 is 26.2 Å². The van der Waals surface area contributed by atoms with Crippen LogP contribution in [-0.4, -0.2) is 50.6 Å². The Labute approximate surface area is 131 Å². The first-order valence-corrected chi connectivity index (χ1v) is 9.73. The number of alkyl halides is 2. The lowest BCUT2D eigenvalue weighted by Crippen LogP contribution is -2.42. The standard InChI is InChI=1S/C11H14F2O8S2/c1-4-5-2-6-8(21-22(15,16)9(4)6)7(5)3-20-10(14)11(12,13)23(17,18)19/h4-9H,2-3H2,1H3,(H,17,18,19). The molecule has 3 fully saturated rings. The second-order valence-electron chi connectivity index (χ2n) is 6.19. The number of ether oxygens (including phenoxy) is 1. The Morgan fingerprint density at radius 1 is 1.39 bits per heavy atom. The number of carbonyl (C=O) groups excluding carboxylic acids is 1.